The summed E-state index contributed by atoms with van der Waals surface area (Å²) in [6.07, 6.45) is 3.38. The minimum Gasteiger partial charge on any atom is -0.493 e. The molecule has 2 aromatic heterocycles. The van der Waals surface area contributed by atoms with Crippen molar-refractivity contribution >= 4 is 23.4 Å². The van der Waals surface area contributed by atoms with Crippen molar-refractivity contribution in [2.24, 2.45) is 5.10 Å². The summed E-state index contributed by atoms with van der Waals surface area (Å²) in [5, 5.41) is 13.5. The van der Waals surface area contributed by atoms with Gasteiger partial charge in [0.1, 0.15) is 0 Å². The quantitative estimate of drug-likeness (QED) is 0.216. The van der Waals surface area contributed by atoms with Gasteiger partial charge in [-0.2, -0.15) is 5.10 Å². The number of aromatic nitrogens is 4. The zero-order valence-electron chi connectivity index (χ0n) is 19.5. The molecule has 4 rings (SSSR count). The molecule has 0 spiro atoms. The summed E-state index contributed by atoms with van der Waals surface area (Å²) in [4.78, 5) is 16.6. The first-order valence-corrected chi connectivity index (χ1v) is 11.7. The maximum Gasteiger partial charge on any atom is 0.250 e. The number of benzene rings is 2. The number of hydrogen-bond donors (Lipinski definition) is 1. The Morgan fingerprint density at radius 3 is 2.54 bits per heavy atom. The number of pyridine rings is 1. The molecule has 4 aromatic rings. The molecule has 0 bridgehead atoms. The fourth-order valence-electron chi connectivity index (χ4n) is 3.29. The van der Waals surface area contributed by atoms with E-state index in [9.17, 15) is 4.79 Å². The molecule has 0 fully saturated rings. The molecule has 0 aliphatic rings. The lowest BCUT2D eigenvalue weighted by Gasteiger charge is -2.12. The molecule has 1 N–H and O–H groups in total. The van der Waals surface area contributed by atoms with Crippen LogP contribution in [0.4, 0.5) is 0 Å². The summed E-state index contributed by atoms with van der Waals surface area (Å²) < 4.78 is 12.7. The van der Waals surface area contributed by atoms with Gasteiger partial charge in [0, 0.05) is 29.2 Å². The number of ether oxygens (including phenoxy) is 2. The highest BCUT2D eigenvalue weighted by atomic mass is 32.2. The number of methoxy groups -OCH3 is 2. The summed E-state index contributed by atoms with van der Waals surface area (Å²) >= 11 is 1.27. The first-order chi connectivity index (χ1) is 17.1. The number of nitrogens with zero attached hydrogens (tertiary/aromatic N) is 5. The van der Waals surface area contributed by atoms with Crippen LogP contribution in [0.3, 0.4) is 0 Å². The third-order valence-electron chi connectivity index (χ3n) is 5.05. The van der Waals surface area contributed by atoms with Gasteiger partial charge < -0.3 is 9.47 Å². The number of para-hydroxylation sites is 1. The van der Waals surface area contributed by atoms with Gasteiger partial charge in [-0.05, 0) is 43.3 Å². The molecule has 0 aliphatic heterocycles. The van der Waals surface area contributed by atoms with Crippen molar-refractivity contribution in [1.82, 2.24) is 25.2 Å². The minimum atomic E-state index is -0.256. The van der Waals surface area contributed by atoms with E-state index in [2.05, 4.69) is 25.7 Å². The van der Waals surface area contributed by atoms with E-state index in [1.807, 2.05) is 72.2 Å². The van der Waals surface area contributed by atoms with Gasteiger partial charge in [-0.1, -0.05) is 36.0 Å². The highest BCUT2D eigenvalue weighted by Gasteiger charge is 2.18. The third-order valence-corrected chi connectivity index (χ3v) is 5.98. The van der Waals surface area contributed by atoms with E-state index in [1.54, 1.807) is 26.6 Å². The number of amides is 1. The Balaban J connectivity index is 1.57. The Morgan fingerprint density at radius 2 is 1.83 bits per heavy atom. The van der Waals surface area contributed by atoms with Crippen molar-refractivity contribution < 1.29 is 14.3 Å². The van der Waals surface area contributed by atoms with E-state index in [0.717, 1.165) is 16.8 Å². The molecule has 0 radical (unpaired) electrons. The molecular formula is C25H24N6O3S. The lowest BCUT2D eigenvalue weighted by molar-refractivity contribution is -0.118. The average Bonchev–Trinajstić information content (AvgIpc) is 3.35. The van der Waals surface area contributed by atoms with Crippen LogP contribution in [-0.2, 0) is 4.79 Å². The number of nitrogens with one attached hydrogen (secondary N) is 1. The second kappa shape index (κ2) is 11.3. The van der Waals surface area contributed by atoms with Gasteiger partial charge in [-0.3, -0.25) is 14.3 Å². The monoisotopic (exact) mass is 488 g/mol. The topological polar surface area (TPSA) is 104 Å². The summed E-state index contributed by atoms with van der Waals surface area (Å²) in [5.41, 5.74) is 5.76. The molecule has 0 aliphatic carbocycles. The molecule has 35 heavy (non-hydrogen) atoms. The average molecular weight is 489 g/mol. The van der Waals surface area contributed by atoms with Crippen LogP contribution in [0.5, 0.6) is 11.5 Å². The highest BCUT2D eigenvalue weighted by Crippen LogP contribution is 2.34. The standard InChI is InChI=1S/C25H24N6O3S/c1-17(19-8-7-13-26-15-19)27-28-23(32)16-35-25-30-29-24(31(25)20-9-5-4-6-10-20)18-11-12-21(33-2)22(14-18)34-3/h4-15H,16H2,1-3H3,(H,28,32)/b27-17-. The second-order valence-electron chi connectivity index (χ2n) is 7.31. The SMILES string of the molecule is COc1ccc(-c2nnc(SCC(=O)N/N=C(/C)c3cccnc3)n2-c2ccccc2)cc1OC. The van der Waals surface area contributed by atoms with Crippen LogP contribution in [-0.4, -0.2) is 51.3 Å². The number of rotatable bonds is 9. The number of carbonyl (C=O) groups excluding carboxylic acids is 1. The highest BCUT2D eigenvalue weighted by molar-refractivity contribution is 7.99. The van der Waals surface area contributed by atoms with Crippen molar-refractivity contribution in [2.45, 2.75) is 12.1 Å². The molecule has 0 saturated carbocycles. The minimum absolute atomic E-state index is 0.112. The smallest absolute Gasteiger partial charge is 0.250 e. The Bertz CT molecular complexity index is 1330. The van der Waals surface area contributed by atoms with Gasteiger partial charge in [-0.25, -0.2) is 5.43 Å². The van der Waals surface area contributed by atoms with Crippen LogP contribution in [0.1, 0.15) is 12.5 Å². The Morgan fingerprint density at radius 1 is 1.03 bits per heavy atom. The van der Waals surface area contributed by atoms with Crippen LogP contribution in [0.25, 0.3) is 17.1 Å². The van der Waals surface area contributed by atoms with Gasteiger partial charge in [0.05, 0.1) is 25.7 Å². The lowest BCUT2D eigenvalue weighted by Crippen LogP contribution is -2.21. The Labute approximate surface area is 207 Å². The molecule has 2 aromatic carbocycles. The largest absolute Gasteiger partial charge is 0.493 e. The molecule has 0 unspecified atom stereocenters. The maximum atomic E-state index is 12.5. The van der Waals surface area contributed by atoms with Gasteiger partial charge in [0.2, 0.25) is 0 Å². The Hall–Kier alpha value is -4.18. The fraction of sp³-hybridized carbons (Fsp3) is 0.160. The molecule has 0 saturated heterocycles. The first-order valence-electron chi connectivity index (χ1n) is 10.7. The molecule has 9 nitrogen and oxygen atoms in total. The normalized spacial score (nSPS) is 11.2. The molecule has 178 valence electrons. The third kappa shape index (κ3) is 5.67. The number of hydrogen-bond acceptors (Lipinski definition) is 8. The summed E-state index contributed by atoms with van der Waals surface area (Å²) in [7, 11) is 3.17. The molecule has 0 atom stereocenters. The summed E-state index contributed by atoms with van der Waals surface area (Å²) in [6, 6.07) is 19.0. The predicted molar refractivity (Wildman–Crippen MR) is 135 cm³/mol. The first kappa shape index (κ1) is 24.0. The number of carbonyl (C=O) groups is 1. The molecule has 10 heteroatoms. The van der Waals surface area contributed by atoms with Crippen molar-refractivity contribution in [3.8, 4) is 28.6 Å². The van der Waals surface area contributed by atoms with E-state index in [4.69, 9.17) is 9.47 Å². The zero-order chi connectivity index (χ0) is 24.6. The fourth-order valence-corrected chi connectivity index (χ4v) is 4.03. The Kier molecular flexibility index (Phi) is 7.74. The molecule has 1 amide bonds. The lowest BCUT2D eigenvalue weighted by atomic mass is 10.2. The van der Waals surface area contributed by atoms with E-state index in [0.29, 0.717) is 28.2 Å². The van der Waals surface area contributed by atoms with Gasteiger partial charge >= 0.3 is 0 Å². The number of hydrazone groups is 1. The summed E-state index contributed by atoms with van der Waals surface area (Å²) in [6.45, 7) is 1.81. The van der Waals surface area contributed by atoms with Crippen molar-refractivity contribution in [3.05, 3.63) is 78.6 Å². The van der Waals surface area contributed by atoms with Crippen LogP contribution in [0, 0.1) is 0 Å². The van der Waals surface area contributed by atoms with Crippen molar-refractivity contribution in [2.75, 3.05) is 20.0 Å². The van der Waals surface area contributed by atoms with E-state index < -0.39 is 0 Å². The van der Waals surface area contributed by atoms with Gasteiger partial charge in [0.25, 0.3) is 5.91 Å². The van der Waals surface area contributed by atoms with Crippen LogP contribution in [0.2, 0.25) is 0 Å². The second-order valence-corrected chi connectivity index (χ2v) is 8.25. The van der Waals surface area contributed by atoms with Crippen molar-refractivity contribution in [3.63, 3.8) is 0 Å². The van der Waals surface area contributed by atoms with Gasteiger partial charge in [-0.15, -0.1) is 10.2 Å². The zero-order valence-corrected chi connectivity index (χ0v) is 20.3. The molecular weight excluding hydrogens is 464 g/mol. The van der Waals surface area contributed by atoms with E-state index in [-0.39, 0.29) is 11.7 Å². The maximum absolute atomic E-state index is 12.5. The van der Waals surface area contributed by atoms with Crippen LogP contribution < -0.4 is 14.9 Å². The number of thioether (sulfide) groups is 1. The predicted octanol–water partition coefficient (Wildman–Crippen LogP) is 3.98. The molecule has 2 heterocycles. The summed E-state index contributed by atoms with van der Waals surface area (Å²) in [5.74, 6) is 1.68. The van der Waals surface area contributed by atoms with E-state index >= 15 is 0 Å². The van der Waals surface area contributed by atoms with Crippen molar-refractivity contribution in [1.29, 1.82) is 0 Å². The van der Waals surface area contributed by atoms with Gasteiger partial charge in [0.15, 0.2) is 22.5 Å². The van der Waals surface area contributed by atoms with Crippen LogP contribution in [0.15, 0.2) is 83.3 Å². The van der Waals surface area contributed by atoms with E-state index in [1.165, 1.54) is 11.8 Å². The van der Waals surface area contributed by atoms with Crippen LogP contribution >= 0.6 is 11.8 Å².